The minimum atomic E-state index is 0.583. The van der Waals surface area contributed by atoms with Gasteiger partial charge in [-0.25, -0.2) is 4.98 Å². The summed E-state index contributed by atoms with van der Waals surface area (Å²) in [6.07, 6.45) is 3.51. The number of furan rings is 1. The van der Waals surface area contributed by atoms with E-state index in [4.69, 9.17) is 10.2 Å². The van der Waals surface area contributed by atoms with Crippen LogP contribution in [0.1, 0.15) is 5.56 Å². The molecule has 0 atom stereocenters. The number of halogens is 1. The van der Waals surface area contributed by atoms with Gasteiger partial charge >= 0.3 is 0 Å². The molecule has 0 amide bonds. The molecule has 3 rings (SSSR count). The zero-order chi connectivity index (χ0) is 12.0. The van der Waals surface area contributed by atoms with E-state index in [1.165, 1.54) is 0 Å². The SMILES string of the molecule is Cc1cc(Br)cn2c(N)c(-c3ccco3)nc12. The summed E-state index contributed by atoms with van der Waals surface area (Å²) in [5.41, 5.74) is 8.67. The molecule has 0 unspecified atom stereocenters. The predicted molar refractivity (Wildman–Crippen MR) is 69.7 cm³/mol. The van der Waals surface area contributed by atoms with E-state index >= 15 is 0 Å². The molecule has 0 aromatic carbocycles. The molecule has 0 fully saturated rings. The van der Waals surface area contributed by atoms with Gasteiger partial charge in [0.05, 0.1) is 6.26 Å². The summed E-state index contributed by atoms with van der Waals surface area (Å²) in [6.45, 7) is 2.00. The summed E-state index contributed by atoms with van der Waals surface area (Å²) in [5, 5.41) is 0. The largest absolute Gasteiger partial charge is 0.463 e. The highest BCUT2D eigenvalue weighted by Crippen LogP contribution is 2.29. The van der Waals surface area contributed by atoms with E-state index in [2.05, 4.69) is 20.9 Å². The first-order chi connectivity index (χ1) is 8.16. The van der Waals surface area contributed by atoms with E-state index in [1.807, 2.05) is 35.7 Å². The zero-order valence-corrected chi connectivity index (χ0v) is 10.7. The highest BCUT2D eigenvalue weighted by molar-refractivity contribution is 9.10. The molecular formula is C12H10BrN3O. The number of rotatable bonds is 1. The second-order valence-corrected chi connectivity index (χ2v) is 4.77. The summed E-state index contributed by atoms with van der Waals surface area (Å²) in [5.74, 6) is 1.26. The van der Waals surface area contributed by atoms with Gasteiger partial charge in [-0.1, -0.05) is 0 Å². The van der Waals surface area contributed by atoms with E-state index in [0.717, 1.165) is 15.7 Å². The van der Waals surface area contributed by atoms with Crippen LogP contribution in [-0.4, -0.2) is 9.38 Å². The fourth-order valence-electron chi connectivity index (χ4n) is 1.88. The van der Waals surface area contributed by atoms with Crippen LogP contribution in [0.2, 0.25) is 0 Å². The number of anilines is 1. The Morgan fingerprint density at radius 1 is 1.47 bits per heavy atom. The van der Waals surface area contributed by atoms with E-state index in [1.54, 1.807) is 6.26 Å². The van der Waals surface area contributed by atoms with Gasteiger partial charge in [0.2, 0.25) is 0 Å². The van der Waals surface area contributed by atoms with Gasteiger partial charge in [-0.3, -0.25) is 4.40 Å². The second kappa shape index (κ2) is 3.63. The molecule has 0 radical (unpaired) electrons. The number of aryl methyl sites for hydroxylation is 1. The van der Waals surface area contributed by atoms with Crippen molar-refractivity contribution in [2.75, 3.05) is 5.73 Å². The lowest BCUT2D eigenvalue weighted by atomic mass is 10.3. The number of nitrogens with two attached hydrogens (primary N) is 1. The van der Waals surface area contributed by atoms with Crippen LogP contribution in [0.3, 0.4) is 0 Å². The topological polar surface area (TPSA) is 56.5 Å². The first-order valence-electron chi connectivity index (χ1n) is 5.14. The predicted octanol–water partition coefficient (Wildman–Crippen LogP) is 3.25. The zero-order valence-electron chi connectivity index (χ0n) is 9.14. The van der Waals surface area contributed by atoms with Gasteiger partial charge in [0.15, 0.2) is 5.76 Å². The van der Waals surface area contributed by atoms with Gasteiger partial charge in [0, 0.05) is 10.7 Å². The van der Waals surface area contributed by atoms with Gasteiger partial charge < -0.3 is 10.2 Å². The van der Waals surface area contributed by atoms with Gasteiger partial charge in [0.1, 0.15) is 17.2 Å². The average molecular weight is 292 g/mol. The summed E-state index contributed by atoms with van der Waals surface area (Å²) < 4.78 is 8.16. The molecule has 3 aromatic rings. The van der Waals surface area contributed by atoms with Gasteiger partial charge in [0.25, 0.3) is 0 Å². The maximum atomic E-state index is 6.09. The molecule has 0 aliphatic rings. The molecule has 3 heterocycles. The second-order valence-electron chi connectivity index (χ2n) is 3.86. The van der Waals surface area contributed by atoms with E-state index in [0.29, 0.717) is 17.3 Å². The number of aromatic nitrogens is 2. The van der Waals surface area contributed by atoms with Crippen LogP contribution in [0.4, 0.5) is 5.82 Å². The van der Waals surface area contributed by atoms with Crippen LogP contribution in [0, 0.1) is 6.92 Å². The summed E-state index contributed by atoms with van der Waals surface area (Å²) in [4.78, 5) is 4.52. The Morgan fingerprint density at radius 3 is 3.00 bits per heavy atom. The van der Waals surface area contributed by atoms with Crippen LogP contribution in [-0.2, 0) is 0 Å². The first kappa shape index (κ1) is 10.4. The first-order valence-corrected chi connectivity index (χ1v) is 5.93. The normalized spacial score (nSPS) is 11.2. The van der Waals surface area contributed by atoms with Crippen molar-refractivity contribution < 1.29 is 4.42 Å². The minimum absolute atomic E-state index is 0.583. The lowest BCUT2D eigenvalue weighted by molar-refractivity contribution is 0.581. The Bertz CT molecular complexity index is 685. The third kappa shape index (κ3) is 1.54. The Morgan fingerprint density at radius 2 is 2.29 bits per heavy atom. The van der Waals surface area contributed by atoms with Crippen molar-refractivity contribution >= 4 is 27.4 Å². The molecule has 0 aliphatic heterocycles. The molecule has 0 saturated carbocycles. The maximum absolute atomic E-state index is 6.09. The number of nitrogen functional groups attached to an aromatic ring is 1. The van der Waals surface area contributed by atoms with Crippen molar-refractivity contribution in [3.63, 3.8) is 0 Å². The molecule has 17 heavy (non-hydrogen) atoms. The van der Waals surface area contributed by atoms with E-state index in [9.17, 15) is 0 Å². The number of imidazole rings is 1. The lowest BCUT2D eigenvalue weighted by Crippen LogP contribution is -1.94. The van der Waals surface area contributed by atoms with E-state index < -0.39 is 0 Å². The maximum Gasteiger partial charge on any atom is 0.156 e. The average Bonchev–Trinajstić information content (AvgIpc) is 2.87. The van der Waals surface area contributed by atoms with Crippen molar-refractivity contribution in [2.24, 2.45) is 0 Å². The number of hydrogen-bond donors (Lipinski definition) is 1. The summed E-state index contributed by atoms with van der Waals surface area (Å²) >= 11 is 3.45. The van der Waals surface area contributed by atoms with Crippen molar-refractivity contribution in [2.45, 2.75) is 6.92 Å². The third-order valence-electron chi connectivity index (χ3n) is 2.66. The molecular weight excluding hydrogens is 282 g/mol. The fraction of sp³-hybridized carbons (Fsp3) is 0.0833. The Balaban J connectivity index is 2.36. The monoisotopic (exact) mass is 291 g/mol. The molecule has 3 aromatic heterocycles. The number of hydrogen-bond acceptors (Lipinski definition) is 3. The molecule has 2 N–H and O–H groups in total. The van der Waals surface area contributed by atoms with Gasteiger partial charge in [-0.15, -0.1) is 0 Å². The Hall–Kier alpha value is -1.75. The number of nitrogens with zero attached hydrogens (tertiary/aromatic N) is 2. The molecule has 86 valence electrons. The summed E-state index contributed by atoms with van der Waals surface area (Å²) in [6, 6.07) is 5.68. The summed E-state index contributed by atoms with van der Waals surface area (Å²) in [7, 11) is 0. The standard InChI is InChI=1S/C12H10BrN3O/c1-7-5-8(13)6-16-11(14)10(15-12(7)16)9-3-2-4-17-9/h2-6H,14H2,1H3. The van der Waals surface area contributed by atoms with Crippen LogP contribution in [0.15, 0.2) is 39.5 Å². The molecule has 5 heteroatoms. The smallest absolute Gasteiger partial charge is 0.156 e. The van der Waals surface area contributed by atoms with Crippen LogP contribution < -0.4 is 5.73 Å². The van der Waals surface area contributed by atoms with Gasteiger partial charge in [-0.2, -0.15) is 0 Å². The fourth-order valence-corrected chi connectivity index (χ4v) is 2.43. The number of pyridine rings is 1. The van der Waals surface area contributed by atoms with E-state index in [-0.39, 0.29) is 0 Å². The third-order valence-corrected chi connectivity index (χ3v) is 3.10. The quantitative estimate of drug-likeness (QED) is 0.749. The highest BCUT2D eigenvalue weighted by Gasteiger charge is 2.14. The molecule has 4 nitrogen and oxygen atoms in total. The van der Waals surface area contributed by atoms with Crippen molar-refractivity contribution in [3.05, 3.63) is 40.7 Å². The highest BCUT2D eigenvalue weighted by atomic mass is 79.9. The van der Waals surface area contributed by atoms with Crippen molar-refractivity contribution in [3.8, 4) is 11.5 Å². The van der Waals surface area contributed by atoms with Crippen molar-refractivity contribution in [1.82, 2.24) is 9.38 Å². The Labute approximate surface area is 106 Å². The molecule has 0 spiro atoms. The molecule has 0 saturated heterocycles. The minimum Gasteiger partial charge on any atom is -0.463 e. The lowest BCUT2D eigenvalue weighted by Gasteiger charge is -2.00. The van der Waals surface area contributed by atoms with Gasteiger partial charge in [-0.05, 0) is 46.6 Å². The molecule has 0 bridgehead atoms. The van der Waals surface area contributed by atoms with Crippen LogP contribution in [0.5, 0.6) is 0 Å². The molecule has 0 aliphatic carbocycles. The van der Waals surface area contributed by atoms with Crippen LogP contribution >= 0.6 is 15.9 Å². The van der Waals surface area contributed by atoms with Crippen LogP contribution in [0.25, 0.3) is 17.1 Å². The van der Waals surface area contributed by atoms with Crippen molar-refractivity contribution in [1.29, 1.82) is 0 Å². The number of fused-ring (bicyclic) bond motifs is 1. The Kier molecular flexibility index (Phi) is 2.22.